The van der Waals surface area contributed by atoms with Gasteiger partial charge in [-0.3, -0.25) is 4.79 Å². The van der Waals surface area contributed by atoms with Gasteiger partial charge in [0.15, 0.2) is 0 Å². The maximum Gasteiger partial charge on any atom is 0.328 e. The van der Waals surface area contributed by atoms with Crippen molar-refractivity contribution in [1.82, 2.24) is 15.3 Å². The van der Waals surface area contributed by atoms with Crippen LogP contribution in [0, 0.1) is 29.6 Å². The number of thiazole rings is 1. The highest BCUT2D eigenvalue weighted by Crippen LogP contribution is 2.40. The second-order valence-electron chi connectivity index (χ2n) is 11.5. The fraction of sp³-hybridized carbons (Fsp3) is 0.333. The summed E-state index contributed by atoms with van der Waals surface area (Å²) in [6.45, 7) is 5.46. The summed E-state index contributed by atoms with van der Waals surface area (Å²) in [5.41, 5.74) is 10.4. The molecule has 1 fully saturated rings. The summed E-state index contributed by atoms with van der Waals surface area (Å²) < 4.78 is 11.0. The van der Waals surface area contributed by atoms with E-state index in [-0.39, 0.29) is 32.1 Å². The zero-order chi connectivity index (χ0) is 34.8. The topological polar surface area (TPSA) is 167 Å². The Morgan fingerprint density at radius 3 is 2.39 bits per heavy atom. The molecule has 5 rings (SSSR count). The highest BCUT2D eigenvalue weighted by molar-refractivity contribution is 7.98. The lowest BCUT2D eigenvalue weighted by atomic mass is 9.96. The van der Waals surface area contributed by atoms with Gasteiger partial charge in [-0.25, -0.2) is 14.8 Å². The minimum atomic E-state index is -0.798. The van der Waals surface area contributed by atoms with Crippen LogP contribution in [-0.2, 0) is 20.1 Å². The third-order valence-corrected chi connectivity index (χ3v) is 9.77. The number of thioether (sulfide) groups is 1. The molecule has 3 heterocycles. The van der Waals surface area contributed by atoms with Gasteiger partial charge in [-0.05, 0) is 44.4 Å². The van der Waals surface area contributed by atoms with Gasteiger partial charge in [0.1, 0.15) is 58.6 Å². The third kappa shape index (κ3) is 8.95. The second kappa shape index (κ2) is 16.9. The van der Waals surface area contributed by atoms with Crippen molar-refractivity contribution in [3.63, 3.8) is 0 Å². The first-order chi connectivity index (χ1) is 23.8. The van der Waals surface area contributed by atoms with Crippen molar-refractivity contribution in [2.45, 2.75) is 49.9 Å². The molecule has 2 aromatic heterocycles. The first-order valence-corrected chi connectivity index (χ1v) is 17.8. The molecular formula is C36H37N7O4S2. The van der Waals surface area contributed by atoms with Crippen LogP contribution in [0.2, 0.25) is 0 Å². The Bertz CT molecular complexity index is 1860. The monoisotopic (exact) mass is 695 g/mol. The van der Waals surface area contributed by atoms with Crippen LogP contribution in [-0.4, -0.2) is 60.7 Å². The minimum absolute atomic E-state index is 0.00945. The zero-order valence-electron chi connectivity index (χ0n) is 27.4. The first kappa shape index (κ1) is 35.4. The molecule has 252 valence electrons. The molecule has 0 bridgehead atoms. The number of esters is 1. The van der Waals surface area contributed by atoms with Crippen molar-refractivity contribution in [3.05, 3.63) is 76.3 Å². The van der Waals surface area contributed by atoms with Gasteiger partial charge in [-0.2, -0.15) is 10.5 Å². The van der Waals surface area contributed by atoms with Crippen molar-refractivity contribution >= 4 is 40.8 Å². The summed E-state index contributed by atoms with van der Waals surface area (Å²) in [6, 6.07) is 19.3. The van der Waals surface area contributed by atoms with E-state index in [1.54, 1.807) is 30.4 Å². The average Bonchev–Trinajstić information content (AvgIpc) is 3.82. The maximum absolute atomic E-state index is 12.2. The average molecular weight is 696 g/mol. The number of amides is 1. The van der Waals surface area contributed by atoms with Crippen LogP contribution in [0.5, 0.6) is 5.75 Å². The number of hydrogen-bond acceptors (Lipinski definition) is 12. The molecule has 4 aromatic rings. The van der Waals surface area contributed by atoms with Gasteiger partial charge in [0, 0.05) is 48.3 Å². The van der Waals surface area contributed by atoms with Crippen LogP contribution in [0.25, 0.3) is 21.7 Å². The molecule has 1 aliphatic heterocycles. The van der Waals surface area contributed by atoms with E-state index in [4.69, 9.17) is 25.2 Å². The number of aromatic nitrogens is 2. The number of nitrogens with one attached hydrogen (secondary N) is 1. The highest BCUT2D eigenvalue weighted by atomic mass is 32.2. The fourth-order valence-electron chi connectivity index (χ4n) is 5.30. The Morgan fingerprint density at radius 1 is 1.02 bits per heavy atom. The predicted octanol–water partition coefficient (Wildman–Crippen LogP) is 5.59. The molecule has 2 aromatic carbocycles. The number of nitriles is 2. The molecule has 3 N–H and O–H groups in total. The summed E-state index contributed by atoms with van der Waals surface area (Å²) in [5.74, 6) is 0.745. The molecule has 11 nitrogen and oxygen atoms in total. The van der Waals surface area contributed by atoms with Gasteiger partial charge >= 0.3 is 5.97 Å². The lowest BCUT2D eigenvalue weighted by Crippen LogP contribution is -2.40. The summed E-state index contributed by atoms with van der Waals surface area (Å²) in [5, 5.41) is 26.9. The number of benzene rings is 2. The van der Waals surface area contributed by atoms with Crippen molar-refractivity contribution < 1.29 is 19.1 Å². The van der Waals surface area contributed by atoms with E-state index >= 15 is 0 Å². The molecule has 1 saturated heterocycles. The number of hydrogen-bond donors (Lipinski definition) is 2. The Kier molecular flexibility index (Phi) is 12.2. The van der Waals surface area contributed by atoms with Gasteiger partial charge in [0.05, 0.1) is 11.3 Å². The lowest BCUT2D eigenvalue weighted by Gasteiger charge is -2.22. The number of rotatable bonds is 14. The van der Waals surface area contributed by atoms with E-state index in [1.165, 1.54) is 17.3 Å². The number of carbonyl (C=O) groups is 2. The normalized spacial score (nSPS) is 13.0. The number of nitrogens with two attached hydrogens (primary N) is 1. The predicted molar refractivity (Wildman–Crippen MR) is 190 cm³/mol. The summed E-state index contributed by atoms with van der Waals surface area (Å²) in [6.07, 6.45) is 2.15. The van der Waals surface area contributed by atoms with Crippen molar-refractivity contribution in [3.8, 4) is 39.6 Å². The van der Waals surface area contributed by atoms with Crippen molar-refractivity contribution in [2.75, 3.05) is 37.7 Å². The lowest BCUT2D eigenvalue weighted by molar-refractivity contribution is -0.148. The Morgan fingerprint density at radius 2 is 1.71 bits per heavy atom. The van der Waals surface area contributed by atoms with E-state index in [2.05, 4.69) is 53.5 Å². The van der Waals surface area contributed by atoms with Gasteiger partial charge in [-0.15, -0.1) is 11.3 Å². The number of anilines is 1. The Hall–Kier alpha value is -4.95. The van der Waals surface area contributed by atoms with Gasteiger partial charge in [0.25, 0.3) is 0 Å². The molecule has 49 heavy (non-hydrogen) atoms. The molecule has 1 atom stereocenters. The van der Waals surface area contributed by atoms with Crippen molar-refractivity contribution in [2.24, 2.45) is 5.73 Å². The van der Waals surface area contributed by atoms with E-state index < -0.39 is 12.0 Å². The molecule has 0 radical (unpaired) electrons. The van der Waals surface area contributed by atoms with E-state index in [1.807, 2.05) is 17.5 Å². The number of pyridine rings is 1. The van der Waals surface area contributed by atoms with E-state index in [9.17, 15) is 20.1 Å². The van der Waals surface area contributed by atoms with Crippen LogP contribution in [0.1, 0.15) is 48.6 Å². The number of nitrogens with zero attached hydrogens (tertiary/aromatic N) is 5. The van der Waals surface area contributed by atoms with Crippen LogP contribution in [0.15, 0.2) is 58.9 Å². The largest absolute Gasteiger partial charge is 0.490 e. The summed E-state index contributed by atoms with van der Waals surface area (Å²) >= 11 is 3.02. The summed E-state index contributed by atoms with van der Waals surface area (Å²) in [4.78, 5) is 35.7. The van der Waals surface area contributed by atoms with Gasteiger partial charge in [-0.1, -0.05) is 53.7 Å². The molecule has 0 saturated carbocycles. The molecule has 1 aliphatic rings. The van der Waals surface area contributed by atoms with E-state index in [0.29, 0.717) is 44.6 Å². The second-order valence-corrected chi connectivity index (χ2v) is 13.3. The Balaban J connectivity index is 1.32. The molecule has 0 spiro atoms. The molecule has 0 aliphatic carbocycles. The van der Waals surface area contributed by atoms with Crippen LogP contribution in [0.4, 0.5) is 5.82 Å². The number of ether oxygens (including phenoxy) is 2. The molecule has 1 amide bonds. The molecule has 0 unspecified atom stereocenters. The zero-order valence-corrected chi connectivity index (χ0v) is 29.0. The van der Waals surface area contributed by atoms with Gasteiger partial charge in [0.2, 0.25) is 5.91 Å². The fourth-order valence-corrected chi connectivity index (χ4v) is 7.11. The quantitative estimate of drug-likeness (QED) is 0.0959. The van der Waals surface area contributed by atoms with Crippen molar-refractivity contribution in [1.29, 1.82) is 10.5 Å². The van der Waals surface area contributed by atoms with Crippen LogP contribution in [0.3, 0.4) is 0 Å². The maximum atomic E-state index is 12.2. The Labute approximate surface area is 294 Å². The smallest absolute Gasteiger partial charge is 0.328 e. The first-order valence-electron chi connectivity index (χ1n) is 16.0. The molecular weight excluding hydrogens is 659 g/mol. The highest BCUT2D eigenvalue weighted by Gasteiger charge is 2.26. The standard InChI is InChI=1S/C36H37N7O4S2/c1-23-5-7-26(8-6-23)34-41-27(21-48-34)22-49-35-30(20-39)32(29(19-38)33(42-35)43-15-3-4-16-43)25-9-11-28(12-10-25)46-17-18-47-36(45)24(2)40-31(44)13-14-37/h5-12,21,24H,3-4,13-18,22,37H2,1-2H3,(H,40,44)/t24-/m0/s1. The van der Waals surface area contributed by atoms with Crippen LogP contribution < -0.4 is 20.7 Å². The third-order valence-electron chi connectivity index (χ3n) is 7.82. The SMILES string of the molecule is Cc1ccc(-c2nc(CSc3nc(N4CCCC4)c(C#N)c(-c4ccc(OCCOC(=O)[C@H](C)NC(=O)CCN)cc4)c3C#N)cs2)cc1. The van der Waals surface area contributed by atoms with Gasteiger partial charge < -0.3 is 25.4 Å². The molecule has 13 heteroatoms. The summed E-state index contributed by atoms with van der Waals surface area (Å²) in [7, 11) is 0. The van der Waals surface area contributed by atoms with E-state index in [0.717, 1.165) is 42.2 Å². The minimum Gasteiger partial charge on any atom is -0.490 e. The number of aryl methyl sites for hydroxylation is 1. The van der Waals surface area contributed by atoms with Crippen LogP contribution >= 0.6 is 23.1 Å². The number of carbonyl (C=O) groups excluding carboxylic acids is 2.